The van der Waals surface area contributed by atoms with E-state index < -0.39 is 10.0 Å². The second-order valence-corrected chi connectivity index (χ2v) is 5.85. The fourth-order valence-corrected chi connectivity index (χ4v) is 2.19. The molecular weight excluding hydrogens is 292 g/mol. The normalized spacial score (nSPS) is 11.1. The van der Waals surface area contributed by atoms with Gasteiger partial charge >= 0.3 is 0 Å². The van der Waals surface area contributed by atoms with E-state index in [1.165, 1.54) is 30.7 Å². The van der Waals surface area contributed by atoms with E-state index in [1.54, 1.807) is 12.1 Å². The molecule has 1 amide bonds. The highest BCUT2D eigenvalue weighted by atomic mass is 32.2. The Morgan fingerprint density at radius 3 is 2.48 bits per heavy atom. The summed E-state index contributed by atoms with van der Waals surface area (Å²) in [6.45, 7) is 0.407. The lowest BCUT2D eigenvalue weighted by Crippen LogP contribution is -2.26. The van der Waals surface area contributed by atoms with E-state index in [1.807, 2.05) is 0 Å². The van der Waals surface area contributed by atoms with Crippen molar-refractivity contribution in [3.05, 3.63) is 54.1 Å². The standard InChI is InChI=1S/C13H14N4O3S/c14-21(19,20)11-3-1-10(2-4-11)5-6-17-13(18)12-9-15-7-8-16-12/h1-4,7-9H,5-6H2,(H,17,18)(H2,14,19,20). The molecule has 0 radical (unpaired) electrons. The molecule has 2 rings (SSSR count). The first kappa shape index (κ1) is 15.1. The first-order valence-electron chi connectivity index (χ1n) is 6.13. The number of aromatic nitrogens is 2. The number of nitrogens with two attached hydrogens (primary N) is 1. The molecule has 0 saturated heterocycles. The van der Waals surface area contributed by atoms with Crippen LogP contribution in [0, 0.1) is 0 Å². The zero-order valence-electron chi connectivity index (χ0n) is 11.1. The molecule has 0 aliphatic heterocycles. The predicted octanol–water partition coefficient (Wildman–Crippen LogP) is 0.0965. The van der Waals surface area contributed by atoms with Gasteiger partial charge in [0.1, 0.15) is 5.69 Å². The average Bonchev–Trinajstić information content (AvgIpc) is 2.47. The van der Waals surface area contributed by atoms with Crippen molar-refractivity contribution in [2.75, 3.05) is 6.54 Å². The molecule has 1 aromatic carbocycles. The van der Waals surface area contributed by atoms with Gasteiger partial charge in [-0.05, 0) is 24.1 Å². The number of carbonyl (C=O) groups excluding carboxylic acids is 1. The van der Waals surface area contributed by atoms with Crippen LogP contribution in [0.4, 0.5) is 0 Å². The number of hydrogen-bond acceptors (Lipinski definition) is 5. The number of benzene rings is 1. The van der Waals surface area contributed by atoms with Gasteiger partial charge in [-0.1, -0.05) is 12.1 Å². The van der Waals surface area contributed by atoms with Crippen LogP contribution in [0.2, 0.25) is 0 Å². The van der Waals surface area contributed by atoms with Gasteiger partial charge < -0.3 is 5.32 Å². The van der Waals surface area contributed by atoms with Crippen molar-refractivity contribution in [3.63, 3.8) is 0 Å². The van der Waals surface area contributed by atoms with Crippen LogP contribution in [0.15, 0.2) is 47.8 Å². The maximum absolute atomic E-state index is 11.7. The number of hydrogen-bond donors (Lipinski definition) is 2. The van der Waals surface area contributed by atoms with Crippen molar-refractivity contribution in [1.29, 1.82) is 0 Å². The summed E-state index contributed by atoms with van der Waals surface area (Å²) in [5.41, 5.74) is 1.14. The summed E-state index contributed by atoms with van der Waals surface area (Å²) in [6, 6.07) is 6.20. The molecule has 0 bridgehead atoms. The number of primary sulfonamides is 1. The summed E-state index contributed by atoms with van der Waals surface area (Å²) in [4.78, 5) is 19.5. The number of sulfonamides is 1. The maximum Gasteiger partial charge on any atom is 0.271 e. The first-order valence-corrected chi connectivity index (χ1v) is 7.67. The Balaban J connectivity index is 1.88. The van der Waals surface area contributed by atoms with Crippen LogP contribution in [0.5, 0.6) is 0 Å². The Morgan fingerprint density at radius 1 is 1.19 bits per heavy atom. The maximum atomic E-state index is 11.7. The molecule has 0 atom stereocenters. The number of rotatable bonds is 5. The predicted molar refractivity (Wildman–Crippen MR) is 75.9 cm³/mol. The van der Waals surface area contributed by atoms with Gasteiger partial charge in [-0.3, -0.25) is 9.78 Å². The third-order valence-electron chi connectivity index (χ3n) is 2.75. The van der Waals surface area contributed by atoms with Crippen LogP contribution in [-0.4, -0.2) is 30.8 Å². The Bertz CT molecular complexity index is 715. The zero-order valence-corrected chi connectivity index (χ0v) is 11.9. The van der Waals surface area contributed by atoms with E-state index >= 15 is 0 Å². The van der Waals surface area contributed by atoms with Crippen LogP contribution < -0.4 is 10.5 Å². The molecule has 0 spiro atoms. The first-order chi connectivity index (χ1) is 9.97. The molecule has 0 aliphatic carbocycles. The number of nitrogens with one attached hydrogen (secondary N) is 1. The molecule has 1 aromatic heterocycles. The summed E-state index contributed by atoms with van der Waals surface area (Å²) in [5, 5.41) is 7.72. The molecular formula is C13H14N4O3S. The SMILES string of the molecule is NS(=O)(=O)c1ccc(CCNC(=O)c2cnccn2)cc1. The van der Waals surface area contributed by atoms with Gasteiger partial charge in [-0.2, -0.15) is 0 Å². The molecule has 8 heteroatoms. The molecule has 1 heterocycles. The molecule has 3 N–H and O–H groups in total. The minimum atomic E-state index is -3.67. The second kappa shape index (κ2) is 6.42. The molecule has 21 heavy (non-hydrogen) atoms. The highest BCUT2D eigenvalue weighted by Crippen LogP contribution is 2.08. The van der Waals surface area contributed by atoms with Crippen molar-refractivity contribution in [3.8, 4) is 0 Å². The van der Waals surface area contributed by atoms with E-state index in [9.17, 15) is 13.2 Å². The largest absolute Gasteiger partial charge is 0.350 e. The summed E-state index contributed by atoms with van der Waals surface area (Å²) in [6.07, 6.45) is 4.89. The molecule has 0 fully saturated rings. The van der Waals surface area contributed by atoms with E-state index in [4.69, 9.17) is 5.14 Å². The monoisotopic (exact) mass is 306 g/mol. The summed E-state index contributed by atoms with van der Waals surface area (Å²) < 4.78 is 22.2. The smallest absolute Gasteiger partial charge is 0.271 e. The van der Waals surface area contributed by atoms with Crippen LogP contribution in [0.25, 0.3) is 0 Å². The van der Waals surface area contributed by atoms with E-state index in [2.05, 4.69) is 15.3 Å². The highest BCUT2D eigenvalue weighted by molar-refractivity contribution is 7.89. The molecule has 0 saturated carbocycles. The van der Waals surface area contributed by atoms with Crippen molar-refractivity contribution >= 4 is 15.9 Å². The lowest BCUT2D eigenvalue weighted by Gasteiger charge is -2.05. The Hall–Kier alpha value is -2.32. The van der Waals surface area contributed by atoms with Crippen molar-refractivity contribution < 1.29 is 13.2 Å². The number of nitrogens with zero attached hydrogens (tertiary/aromatic N) is 2. The fraction of sp³-hybridized carbons (Fsp3) is 0.154. The fourth-order valence-electron chi connectivity index (χ4n) is 1.67. The molecule has 110 valence electrons. The van der Waals surface area contributed by atoms with Gasteiger partial charge in [0.25, 0.3) is 5.91 Å². The van der Waals surface area contributed by atoms with Crippen molar-refractivity contribution in [2.24, 2.45) is 5.14 Å². The minimum Gasteiger partial charge on any atom is -0.350 e. The lowest BCUT2D eigenvalue weighted by atomic mass is 10.1. The molecule has 0 unspecified atom stereocenters. The van der Waals surface area contributed by atoms with E-state index in [-0.39, 0.29) is 16.5 Å². The average molecular weight is 306 g/mol. The minimum absolute atomic E-state index is 0.0647. The van der Waals surface area contributed by atoms with Gasteiger partial charge in [-0.25, -0.2) is 18.5 Å². The van der Waals surface area contributed by atoms with Gasteiger partial charge in [0.15, 0.2) is 0 Å². The van der Waals surface area contributed by atoms with Crippen LogP contribution in [-0.2, 0) is 16.4 Å². The highest BCUT2D eigenvalue weighted by Gasteiger charge is 2.08. The Morgan fingerprint density at radius 2 is 1.90 bits per heavy atom. The topological polar surface area (TPSA) is 115 Å². The Labute approximate surface area is 122 Å². The quantitative estimate of drug-likeness (QED) is 0.812. The molecule has 2 aromatic rings. The second-order valence-electron chi connectivity index (χ2n) is 4.29. The third-order valence-corrected chi connectivity index (χ3v) is 3.68. The lowest BCUT2D eigenvalue weighted by molar-refractivity contribution is 0.0948. The van der Waals surface area contributed by atoms with Gasteiger partial charge in [0.05, 0.1) is 11.1 Å². The molecule has 7 nitrogen and oxygen atoms in total. The van der Waals surface area contributed by atoms with E-state index in [0.717, 1.165) is 5.56 Å². The summed E-state index contributed by atoms with van der Waals surface area (Å²) in [7, 11) is -3.67. The zero-order chi connectivity index (χ0) is 15.3. The summed E-state index contributed by atoms with van der Waals surface area (Å²) >= 11 is 0. The van der Waals surface area contributed by atoms with Crippen molar-refractivity contribution in [2.45, 2.75) is 11.3 Å². The van der Waals surface area contributed by atoms with Gasteiger partial charge in [0.2, 0.25) is 10.0 Å². The number of carbonyl (C=O) groups is 1. The third kappa shape index (κ3) is 4.33. The van der Waals surface area contributed by atoms with Crippen molar-refractivity contribution in [1.82, 2.24) is 15.3 Å². The van der Waals surface area contributed by atoms with Crippen LogP contribution in [0.3, 0.4) is 0 Å². The van der Waals surface area contributed by atoms with Gasteiger partial charge in [0, 0.05) is 18.9 Å². The van der Waals surface area contributed by atoms with Crippen LogP contribution >= 0.6 is 0 Å². The summed E-state index contributed by atoms with van der Waals surface area (Å²) in [5.74, 6) is -0.302. The molecule has 0 aliphatic rings. The van der Waals surface area contributed by atoms with Gasteiger partial charge in [-0.15, -0.1) is 0 Å². The van der Waals surface area contributed by atoms with E-state index in [0.29, 0.717) is 13.0 Å². The Kier molecular flexibility index (Phi) is 4.61. The number of amides is 1. The van der Waals surface area contributed by atoms with Crippen LogP contribution in [0.1, 0.15) is 16.1 Å².